The number of rotatable bonds is 5. The number of hydrogen-bond donors (Lipinski definition) is 2. The van der Waals surface area contributed by atoms with Crippen molar-refractivity contribution in [3.8, 4) is 0 Å². The van der Waals surface area contributed by atoms with Crippen molar-refractivity contribution in [2.45, 2.75) is 51.2 Å². The maximum atomic E-state index is 9.19. The van der Waals surface area contributed by atoms with Crippen LogP contribution in [0, 0.1) is 0 Å². The summed E-state index contributed by atoms with van der Waals surface area (Å²) in [7, 11) is 0. The van der Waals surface area contributed by atoms with E-state index in [1.54, 1.807) is 0 Å². The molecule has 1 saturated carbocycles. The summed E-state index contributed by atoms with van der Waals surface area (Å²) >= 11 is 0. The highest BCUT2D eigenvalue weighted by Crippen LogP contribution is 2.30. The fourth-order valence-corrected chi connectivity index (χ4v) is 1.67. The Morgan fingerprint density at radius 1 is 1.36 bits per heavy atom. The van der Waals surface area contributed by atoms with E-state index in [1.807, 2.05) is 0 Å². The molecule has 0 radical (unpaired) electrons. The Balaban J connectivity index is 2.09. The van der Waals surface area contributed by atoms with Gasteiger partial charge in [-0.2, -0.15) is 0 Å². The molecule has 0 heterocycles. The van der Waals surface area contributed by atoms with E-state index in [4.69, 9.17) is 4.74 Å². The third kappa shape index (κ3) is 3.56. The first-order chi connectivity index (χ1) is 6.47. The number of ether oxygens (including phenoxy) is 1. The predicted octanol–water partition coefficient (Wildman–Crippen LogP) is 1.31. The van der Waals surface area contributed by atoms with E-state index < -0.39 is 0 Å². The van der Waals surface area contributed by atoms with Crippen molar-refractivity contribution in [1.82, 2.24) is 5.32 Å². The normalized spacial score (nSPS) is 20.6. The molecule has 3 heteroatoms. The molecular formula is C11H23NO2. The lowest BCUT2D eigenvalue weighted by atomic mass is 9.77. The van der Waals surface area contributed by atoms with Gasteiger partial charge in [0, 0.05) is 12.1 Å². The molecule has 0 aromatic rings. The minimum Gasteiger partial charge on any atom is -0.394 e. The molecule has 0 bridgehead atoms. The number of aliphatic hydroxyl groups excluding tert-OH is 1. The third-order valence-corrected chi connectivity index (χ3v) is 2.75. The number of hydrogen-bond acceptors (Lipinski definition) is 3. The molecule has 0 aliphatic heterocycles. The van der Waals surface area contributed by atoms with Gasteiger partial charge in [0.15, 0.2) is 0 Å². The Morgan fingerprint density at radius 3 is 2.36 bits per heavy atom. The van der Waals surface area contributed by atoms with E-state index in [2.05, 4.69) is 26.1 Å². The van der Waals surface area contributed by atoms with Crippen molar-refractivity contribution in [2.24, 2.45) is 0 Å². The van der Waals surface area contributed by atoms with E-state index in [-0.39, 0.29) is 17.7 Å². The van der Waals surface area contributed by atoms with Gasteiger partial charge in [0.25, 0.3) is 0 Å². The summed E-state index contributed by atoms with van der Waals surface area (Å²) in [5.74, 6) is 0. The van der Waals surface area contributed by atoms with Crippen molar-refractivity contribution >= 4 is 0 Å². The number of aliphatic hydroxyl groups is 1. The van der Waals surface area contributed by atoms with Crippen molar-refractivity contribution in [3.05, 3.63) is 0 Å². The van der Waals surface area contributed by atoms with Crippen molar-refractivity contribution in [2.75, 3.05) is 19.8 Å². The molecule has 0 unspecified atom stereocenters. The van der Waals surface area contributed by atoms with Crippen LogP contribution in [-0.2, 0) is 4.74 Å². The lowest BCUT2D eigenvalue weighted by molar-refractivity contribution is -0.00896. The van der Waals surface area contributed by atoms with Crippen LogP contribution in [0.25, 0.3) is 0 Å². The molecule has 0 spiro atoms. The molecule has 0 saturated heterocycles. The first-order valence-electron chi connectivity index (χ1n) is 5.47. The zero-order chi connectivity index (χ0) is 10.7. The minimum absolute atomic E-state index is 0.0151. The Hall–Kier alpha value is -0.120. The Labute approximate surface area is 86.8 Å². The number of nitrogens with one attached hydrogen (secondary N) is 1. The lowest BCUT2D eigenvalue weighted by Crippen LogP contribution is -2.54. The topological polar surface area (TPSA) is 41.5 Å². The summed E-state index contributed by atoms with van der Waals surface area (Å²) in [6.45, 7) is 7.96. The van der Waals surface area contributed by atoms with Crippen molar-refractivity contribution < 1.29 is 9.84 Å². The van der Waals surface area contributed by atoms with E-state index in [0.717, 1.165) is 19.4 Å². The van der Waals surface area contributed by atoms with Crippen LogP contribution in [0.4, 0.5) is 0 Å². The second-order valence-electron chi connectivity index (χ2n) is 5.18. The molecule has 0 atom stereocenters. The van der Waals surface area contributed by atoms with Crippen LogP contribution in [-0.4, -0.2) is 36.0 Å². The van der Waals surface area contributed by atoms with Crippen LogP contribution < -0.4 is 5.32 Å². The van der Waals surface area contributed by atoms with Gasteiger partial charge < -0.3 is 15.2 Å². The molecule has 1 rings (SSSR count). The molecule has 1 aliphatic rings. The quantitative estimate of drug-likeness (QED) is 0.659. The van der Waals surface area contributed by atoms with E-state index in [0.29, 0.717) is 6.61 Å². The molecule has 1 fully saturated rings. The minimum atomic E-state index is -0.0618. The van der Waals surface area contributed by atoms with Gasteiger partial charge in [0.2, 0.25) is 0 Å². The van der Waals surface area contributed by atoms with Gasteiger partial charge in [-0.05, 0) is 40.0 Å². The second-order valence-corrected chi connectivity index (χ2v) is 5.18. The SMILES string of the molecule is CC(C)(C)OCCNC1(CO)CCC1. The van der Waals surface area contributed by atoms with Crippen LogP contribution in [0.5, 0.6) is 0 Å². The molecule has 0 aromatic heterocycles. The van der Waals surface area contributed by atoms with Gasteiger partial charge in [-0.1, -0.05) is 0 Å². The lowest BCUT2D eigenvalue weighted by Gasteiger charge is -2.41. The molecule has 84 valence electrons. The fourth-order valence-electron chi connectivity index (χ4n) is 1.67. The van der Waals surface area contributed by atoms with E-state index in [1.165, 1.54) is 6.42 Å². The average Bonchev–Trinajstić information content (AvgIpc) is 2.00. The summed E-state index contributed by atoms with van der Waals surface area (Å²) in [5, 5.41) is 12.6. The highest BCUT2D eigenvalue weighted by atomic mass is 16.5. The highest BCUT2D eigenvalue weighted by molar-refractivity contribution is 4.95. The Kier molecular flexibility index (Phi) is 3.93. The maximum Gasteiger partial charge on any atom is 0.0613 e. The van der Waals surface area contributed by atoms with Crippen molar-refractivity contribution in [1.29, 1.82) is 0 Å². The first kappa shape index (κ1) is 12.0. The van der Waals surface area contributed by atoms with Crippen molar-refractivity contribution in [3.63, 3.8) is 0 Å². The summed E-state index contributed by atoms with van der Waals surface area (Å²) in [6, 6.07) is 0. The standard InChI is InChI=1S/C11H23NO2/c1-10(2,3)14-8-7-12-11(9-13)5-4-6-11/h12-13H,4-9H2,1-3H3. The van der Waals surface area contributed by atoms with Crippen LogP contribution >= 0.6 is 0 Å². The zero-order valence-electron chi connectivity index (χ0n) is 9.60. The molecule has 1 aliphatic carbocycles. The fraction of sp³-hybridized carbons (Fsp3) is 1.00. The summed E-state index contributed by atoms with van der Waals surface area (Å²) in [4.78, 5) is 0. The average molecular weight is 201 g/mol. The van der Waals surface area contributed by atoms with Gasteiger partial charge in [-0.3, -0.25) is 0 Å². The molecule has 0 aromatic carbocycles. The largest absolute Gasteiger partial charge is 0.394 e. The van der Waals surface area contributed by atoms with Gasteiger partial charge in [0.05, 0.1) is 18.8 Å². The predicted molar refractivity (Wildman–Crippen MR) is 57.4 cm³/mol. The van der Waals surface area contributed by atoms with E-state index in [9.17, 15) is 5.11 Å². The molecule has 0 amide bonds. The first-order valence-corrected chi connectivity index (χ1v) is 5.47. The summed E-state index contributed by atoms with van der Waals surface area (Å²) < 4.78 is 5.59. The zero-order valence-corrected chi connectivity index (χ0v) is 9.60. The molecule has 2 N–H and O–H groups in total. The smallest absolute Gasteiger partial charge is 0.0613 e. The second kappa shape index (κ2) is 4.60. The molecular weight excluding hydrogens is 178 g/mol. The highest BCUT2D eigenvalue weighted by Gasteiger charge is 2.35. The van der Waals surface area contributed by atoms with Gasteiger partial charge in [-0.15, -0.1) is 0 Å². The van der Waals surface area contributed by atoms with Gasteiger partial charge in [-0.25, -0.2) is 0 Å². The van der Waals surface area contributed by atoms with Crippen LogP contribution in [0.3, 0.4) is 0 Å². The molecule has 14 heavy (non-hydrogen) atoms. The maximum absolute atomic E-state index is 9.19. The van der Waals surface area contributed by atoms with Gasteiger partial charge >= 0.3 is 0 Å². The Morgan fingerprint density at radius 2 is 2.00 bits per heavy atom. The Bertz CT molecular complexity index is 165. The van der Waals surface area contributed by atoms with Crippen LogP contribution in [0.1, 0.15) is 40.0 Å². The summed E-state index contributed by atoms with van der Waals surface area (Å²) in [5.41, 5.74) is -0.0467. The van der Waals surface area contributed by atoms with Crippen LogP contribution in [0.15, 0.2) is 0 Å². The van der Waals surface area contributed by atoms with Crippen LogP contribution in [0.2, 0.25) is 0 Å². The summed E-state index contributed by atoms with van der Waals surface area (Å²) in [6.07, 6.45) is 3.42. The van der Waals surface area contributed by atoms with E-state index >= 15 is 0 Å². The monoisotopic (exact) mass is 201 g/mol. The van der Waals surface area contributed by atoms with Gasteiger partial charge in [0.1, 0.15) is 0 Å². The third-order valence-electron chi connectivity index (χ3n) is 2.75. The molecule has 3 nitrogen and oxygen atoms in total.